The summed E-state index contributed by atoms with van der Waals surface area (Å²) in [4.78, 5) is 6.39. The summed E-state index contributed by atoms with van der Waals surface area (Å²) in [5.41, 5.74) is -0.361. The van der Waals surface area contributed by atoms with Crippen molar-refractivity contribution in [1.82, 2.24) is 10.2 Å². The predicted molar refractivity (Wildman–Crippen MR) is 117 cm³/mol. The van der Waals surface area contributed by atoms with E-state index < -0.39 is 11.7 Å². The van der Waals surface area contributed by atoms with Crippen LogP contribution in [0.5, 0.6) is 0 Å². The molecular weight excluding hydrogens is 498 g/mol. The molecule has 0 saturated carbocycles. The van der Waals surface area contributed by atoms with Crippen molar-refractivity contribution < 1.29 is 22.6 Å². The molecule has 1 saturated heterocycles. The summed E-state index contributed by atoms with van der Waals surface area (Å²) in [7, 11) is 3.34. The Bertz CT molecular complexity index is 717. The standard InChI is InChI=1S/C20H26F3N3O2.HI/c1-24-19(26-10-8-17(14-26)15-28-12-11-27-2)25-9-4-6-16-5-3-7-18(13-16)20(21,22)23;/h3,5,7,13,17H,8-12,14-15H2,1-2H3,(H,24,25);1H. The van der Waals surface area contributed by atoms with Crippen LogP contribution in [0.25, 0.3) is 0 Å². The van der Waals surface area contributed by atoms with Gasteiger partial charge >= 0.3 is 6.18 Å². The zero-order valence-electron chi connectivity index (χ0n) is 16.6. The minimum atomic E-state index is -4.36. The molecule has 1 heterocycles. The molecule has 1 aliphatic heterocycles. The van der Waals surface area contributed by atoms with Gasteiger partial charge in [0.15, 0.2) is 5.96 Å². The predicted octanol–water partition coefficient (Wildman–Crippen LogP) is 3.24. The van der Waals surface area contributed by atoms with Crippen molar-refractivity contribution in [3.8, 4) is 11.8 Å². The van der Waals surface area contributed by atoms with E-state index in [9.17, 15) is 13.2 Å². The van der Waals surface area contributed by atoms with Crippen molar-refractivity contribution >= 4 is 29.9 Å². The summed E-state index contributed by atoms with van der Waals surface area (Å²) in [6.45, 7) is 3.88. The highest BCUT2D eigenvalue weighted by molar-refractivity contribution is 14.0. The highest BCUT2D eigenvalue weighted by Crippen LogP contribution is 2.29. The number of nitrogens with zero attached hydrogens (tertiary/aromatic N) is 2. The van der Waals surface area contributed by atoms with Crippen LogP contribution in [0.4, 0.5) is 13.2 Å². The molecule has 1 atom stereocenters. The molecule has 2 rings (SSSR count). The molecule has 0 aliphatic carbocycles. The number of nitrogens with one attached hydrogen (secondary N) is 1. The Morgan fingerprint density at radius 2 is 2.14 bits per heavy atom. The number of aliphatic imine (C=N–C) groups is 1. The third-order valence-electron chi connectivity index (χ3n) is 4.34. The first kappa shape index (κ1) is 25.5. The first-order valence-corrected chi connectivity index (χ1v) is 9.12. The topological polar surface area (TPSA) is 46.1 Å². The molecule has 29 heavy (non-hydrogen) atoms. The fraction of sp³-hybridized carbons (Fsp3) is 0.550. The van der Waals surface area contributed by atoms with Gasteiger partial charge in [-0.25, -0.2) is 0 Å². The summed E-state index contributed by atoms with van der Waals surface area (Å²) in [5.74, 6) is 6.78. The third kappa shape index (κ3) is 8.80. The van der Waals surface area contributed by atoms with E-state index in [0.29, 0.717) is 37.8 Å². The van der Waals surface area contributed by atoms with Crippen LogP contribution in [0.3, 0.4) is 0 Å². The fourth-order valence-corrected chi connectivity index (χ4v) is 2.93. The first-order valence-electron chi connectivity index (χ1n) is 9.12. The van der Waals surface area contributed by atoms with E-state index in [2.05, 4.69) is 27.0 Å². The van der Waals surface area contributed by atoms with Crippen LogP contribution >= 0.6 is 24.0 Å². The van der Waals surface area contributed by atoms with Crippen LogP contribution in [0.1, 0.15) is 17.5 Å². The second kappa shape index (κ2) is 12.9. The molecule has 1 N–H and O–H groups in total. The van der Waals surface area contributed by atoms with E-state index in [1.165, 1.54) is 6.07 Å². The molecule has 1 fully saturated rings. The monoisotopic (exact) mass is 525 g/mol. The molecule has 1 unspecified atom stereocenters. The van der Waals surface area contributed by atoms with Crippen LogP contribution < -0.4 is 5.32 Å². The second-order valence-corrected chi connectivity index (χ2v) is 6.45. The highest BCUT2D eigenvalue weighted by atomic mass is 127. The lowest BCUT2D eigenvalue weighted by atomic mass is 10.1. The quantitative estimate of drug-likeness (QED) is 0.204. The lowest BCUT2D eigenvalue weighted by Crippen LogP contribution is -2.40. The Balaban J connectivity index is 0.00000420. The van der Waals surface area contributed by atoms with Crippen molar-refractivity contribution in [2.75, 3.05) is 53.6 Å². The molecule has 1 aliphatic rings. The number of likely N-dealkylation sites (tertiary alicyclic amines) is 1. The number of hydrogen-bond acceptors (Lipinski definition) is 3. The van der Waals surface area contributed by atoms with Gasteiger partial charge in [-0.1, -0.05) is 17.9 Å². The molecule has 1 aromatic carbocycles. The normalized spacial score (nSPS) is 16.8. The molecule has 1 aromatic rings. The van der Waals surface area contributed by atoms with E-state index in [1.807, 2.05) is 0 Å². The van der Waals surface area contributed by atoms with Crippen LogP contribution in [0.15, 0.2) is 29.3 Å². The SMILES string of the molecule is CN=C(NCC#Cc1cccc(C(F)(F)F)c1)N1CCC(COCCOC)C1.I. The number of benzene rings is 1. The van der Waals surface area contributed by atoms with Gasteiger partial charge in [-0.05, 0) is 24.6 Å². The molecule has 0 spiro atoms. The molecular formula is C20H27F3IN3O2. The number of alkyl halides is 3. The van der Waals surface area contributed by atoms with Crippen molar-refractivity contribution in [1.29, 1.82) is 0 Å². The van der Waals surface area contributed by atoms with Gasteiger partial charge < -0.3 is 19.7 Å². The van der Waals surface area contributed by atoms with E-state index >= 15 is 0 Å². The average molecular weight is 525 g/mol. The molecule has 162 valence electrons. The van der Waals surface area contributed by atoms with Crippen LogP contribution in [-0.4, -0.2) is 64.5 Å². The van der Waals surface area contributed by atoms with E-state index in [1.54, 1.807) is 20.2 Å². The Morgan fingerprint density at radius 3 is 2.83 bits per heavy atom. The van der Waals surface area contributed by atoms with Crippen molar-refractivity contribution in [2.45, 2.75) is 12.6 Å². The summed E-state index contributed by atoms with van der Waals surface area (Å²) < 4.78 is 48.7. The van der Waals surface area contributed by atoms with E-state index in [4.69, 9.17) is 9.47 Å². The molecule has 0 radical (unpaired) electrons. The Labute approximate surface area is 187 Å². The molecule has 9 heteroatoms. The number of ether oxygens (including phenoxy) is 2. The van der Waals surface area contributed by atoms with Gasteiger partial charge in [0.25, 0.3) is 0 Å². The first-order chi connectivity index (χ1) is 13.4. The summed E-state index contributed by atoms with van der Waals surface area (Å²) in [6.07, 6.45) is -3.35. The summed E-state index contributed by atoms with van der Waals surface area (Å²) in [5, 5.41) is 3.14. The lowest BCUT2D eigenvalue weighted by molar-refractivity contribution is -0.137. The molecule has 5 nitrogen and oxygen atoms in total. The fourth-order valence-electron chi connectivity index (χ4n) is 2.93. The molecule has 0 bridgehead atoms. The minimum Gasteiger partial charge on any atom is -0.382 e. The van der Waals surface area contributed by atoms with Crippen LogP contribution in [0, 0.1) is 17.8 Å². The smallest absolute Gasteiger partial charge is 0.382 e. The average Bonchev–Trinajstić information content (AvgIpc) is 3.13. The number of rotatable bonds is 6. The van der Waals surface area contributed by atoms with Gasteiger partial charge in [-0.2, -0.15) is 13.2 Å². The minimum absolute atomic E-state index is 0. The number of hydrogen-bond donors (Lipinski definition) is 1. The highest BCUT2D eigenvalue weighted by Gasteiger charge is 2.30. The number of guanidine groups is 1. The summed E-state index contributed by atoms with van der Waals surface area (Å²) >= 11 is 0. The van der Waals surface area contributed by atoms with E-state index in [0.717, 1.165) is 37.6 Å². The number of halogens is 4. The van der Waals surface area contributed by atoms with Crippen molar-refractivity contribution in [3.63, 3.8) is 0 Å². The van der Waals surface area contributed by atoms with Gasteiger partial charge in [0.05, 0.1) is 31.9 Å². The lowest BCUT2D eigenvalue weighted by Gasteiger charge is -2.20. The van der Waals surface area contributed by atoms with Crippen molar-refractivity contribution in [3.05, 3.63) is 35.4 Å². The second-order valence-electron chi connectivity index (χ2n) is 6.45. The maximum Gasteiger partial charge on any atom is 0.416 e. The zero-order valence-corrected chi connectivity index (χ0v) is 18.9. The molecule has 0 aromatic heterocycles. The van der Waals surface area contributed by atoms with Gasteiger partial charge in [0.2, 0.25) is 0 Å². The van der Waals surface area contributed by atoms with Crippen LogP contribution in [-0.2, 0) is 15.7 Å². The Morgan fingerprint density at radius 1 is 1.34 bits per heavy atom. The Kier molecular flexibility index (Phi) is 11.4. The van der Waals surface area contributed by atoms with Crippen LogP contribution in [0.2, 0.25) is 0 Å². The van der Waals surface area contributed by atoms with Gasteiger partial charge in [-0.15, -0.1) is 24.0 Å². The molecule has 0 amide bonds. The maximum absolute atomic E-state index is 12.7. The van der Waals surface area contributed by atoms with Gasteiger partial charge in [0, 0.05) is 38.7 Å². The van der Waals surface area contributed by atoms with Gasteiger partial charge in [0.1, 0.15) is 0 Å². The number of methoxy groups -OCH3 is 1. The van der Waals surface area contributed by atoms with E-state index in [-0.39, 0.29) is 24.0 Å². The maximum atomic E-state index is 12.7. The van der Waals surface area contributed by atoms with Crippen molar-refractivity contribution in [2.24, 2.45) is 10.9 Å². The zero-order chi connectivity index (χ0) is 20.4. The largest absolute Gasteiger partial charge is 0.416 e. The Hall–Kier alpha value is -1.51. The third-order valence-corrected chi connectivity index (χ3v) is 4.34. The van der Waals surface area contributed by atoms with Gasteiger partial charge in [-0.3, -0.25) is 4.99 Å². The summed E-state index contributed by atoms with van der Waals surface area (Å²) in [6, 6.07) is 5.01.